The Morgan fingerprint density at radius 1 is 1.32 bits per heavy atom. The largest absolute Gasteiger partial charge is 0.355 e. The molecule has 5 nitrogen and oxygen atoms in total. The number of benzene rings is 1. The number of anilines is 1. The number of carbonyl (C=O) groups excluding carboxylic acids is 1. The fourth-order valence-corrected chi connectivity index (χ4v) is 3.44. The van der Waals surface area contributed by atoms with Gasteiger partial charge in [-0.2, -0.15) is 0 Å². The highest BCUT2D eigenvalue weighted by molar-refractivity contribution is 5.79. The molecule has 1 aliphatic heterocycles. The van der Waals surface area contributed by atoms with Crippen LogP contribution in [0.2, 0.25) is 0 Å². The Balaban J connectivity index is 1.55. The van der Waals surface area contributed by atoms with Crippen molar-refractivity contribution in [3.8, 4) is 0 Å². The average molecular weight is 338 g/mol. The minimum absolute atomic E-state index is 0.0176. The first-order chi connectivity index (χ1) is 12.3. The number of amides is 1. The molecule has 1 saturated heterocycles. The molecule has 1 aliphatic rings. The van der Waals surface area contributed by atoms with Gasteiger partial charge in [0.1, 0.15) is 5.82 Å². The standard InChI is InChI=1S/C20H26N4O/c1-2-16(17-7-4-3-5-8-17)13-23-20(25)18-9-6-12-24(15-18)19-14-21-10-11-22-19/h3-5,7-8,10-11,14,16,18H,2,6,9,12-13,15H2,1H3,(H,23,25). The molecule has 25 heavy (non-hydrogen) atoms. The van der Waals surface area contributed by atoms with Crippen LogP contribution < -0.4 is 10.2 Å². The van der Waals surface area contributed by atoms with Crippen molar-refractivity contribution < 1.29 is 4.79 Å². The van der Waals surface area contributed by atoms with Crippen molar-refractivity contribution in [2.45, 2.75) is 32.1 Å². The summed E-state index contributed by atoms with van der Waals surface area (Å²) in [7, 11) is 0. The van der Waals surface area contributed by atoms with E-state index in [2.05, 4.69) is 51.4 Å². The molecule has 2 atom stereocenters. The Labute approximate surface area is 149 Å². The normalized spacial score (nSPS) is 18.6. The number of nitrogens with one attached hydrogen (secondary N) is 1. The second-order valence-corrected chi connectivity index (χ2v) is 6.61. The van der Waals surface area contributed by atoms with E-state index in [0.29, 0.717) is 19.0 Å². The zero-order chi connectivity index (χ0) is 17.5. The molecule has 0 saturated carbocycles. The first-order valence-corrected chi connectivity index (χ1v) is 9.11. The summed E-state index contributed by atoms with van der Waals surface area (Å²) in [5, 5.41) is 3.17. The van der Waals surface area contributed by atoms with Gasteiger partial charge in [0.05, 0.1) is 12.1 Å². The van der Waals surface area contributed by atoms with Gasteiger partial charge < -0.3 is 10.2 Å². The lowest BCUT2D eigenvalue weighted by atomic mass is 9.94. The molecule has 2 aromatic rings. The van der Waals surface area contributed by atoms with Crippen molar-refractivity contribution in [1.29, 1.82) is 0 Å². The molecule has 3 rings (SSSR count). The third-order valence-electron chi connectivity index (χ3n) is 4.95. The van der Waals surface area contributed by atoms with Crippen molar-refractivity contribution in [1.82, 2.24) is 15.3 Å². The fourth-order valence-electron chi connectivity index (χ4n) is 3.44. The number of carbonyl (C=O) groups is 1. The van der Waals surface area contributed by atoms with Crippen LogP contribution >= 0.6 is 0 Å². The quantitative estimate of drug-likeness (QED) is 0.880. The van der Waals surface area contributed by atoms with Crippen LogP contribution in [0.4, 0.5) is 5.82 Å². The zero-order valence-electron chi connectivity index (χ0n) is 14.8. The third-order valence-corrected chi connectivity index (χ3v) is 4.95. The van der Waals surface area contributed by atoms with Gasteiger partial charge >= 0.3 is 0 Å². The van der Waals surface area contributed by atoms with E-state index in [1.54, 1.807) is 18.6 Å². The first-order valence-electron chi connectivity index (χ1n) is 9.11. The van der Waals surface area contributed by atoms with E-state index in [1.807, 2.05) is 6.07 Å². The van der Waals surface area contributed by atoms with Gasteiger partial charge in [-0.05, 0) is 24.8 Å². The molecule has 1 N–H and O–H groups in total. The molecule has 2 heterocycles. The van der Waals surface area contributed by atoms with Gasteiger partial charge in [0.2, 0.25) is 5.91 Å². The molecule has 0 spiro atoms. The van der Waals surface area contributed by atoms with Gasteiger partial charge in [-0.1, -0.05) is 37.3 Å². The van der Waals surface area contributed by atoms with E-state index in [1.165, 1.54) is 5.56 Å². The highest BCUT2D eigenvalue weighted by Crippen LogP contribution is 2.22. The van der Waals surface area contributed by atoms with Crippen LogP contribution in [0.15, 0.2) is 48.9 Å². The number of hydrogen-bond acceptors (Lipinski definition) is 4. The molecule has 1 fully saturated rings. The number of hydrogen-bond donors (Lipinski definition) is 1. The van der Waals surface area contributed by atoms with E-state index in [4.69, 9.17) is 0 Å². The van der Waals surface area contributed by atoms with Crippen LogP contribution in [-0.2, 0) is 4.79 Å². The summed E-state index contributed by atoms with van der Waals surface area (Å²) in [4.78, 5) is 23.3. The van der Waals surface area contributed by atoms with Gasteiger partial charge in [0.25, 0.3) is 0 Å². The maximum Gasteiger partial charge on any atom is 0.224 e. The lowest BCUT2D eigenvalue weighted by molar-refractivity contribution is -0.125. The number of piperidine rings is 1. The third kappa shape index (κ3) is 4.56. The maximum atomic E-state index is 12.7. The highest BCUT2D eigenvalue weighted by Gasteiger charge is 2.26. The lowest BCUT2D eigenvalue weighted by Gasteiger charge is -2.32. The van der Waals surface area contributed by atoms with E-state index in [-0.39, 0.29) is 11.8 Å². The van der Waals surface area contributed by atoms with Crippen molar-refractivity contribution in [3.63, 3.8) is 0 Å². The minimum atomic E-state index is 0.0176. The molecule has 1 amide bonds. The first kappa shape index (κ1) is 17.4. The van der Waals surface area contributed by atoms with Gasteiger partial charge in [-0.3, -0.25) is 9.78 Å². The van der Waals surface area contributed by atoms with Crippen molar-refractivity contribution in [2.75, 3.05) is 24.5 Å². The summed E-state index contributed by atoms with van der Waals surface area (Å²) in [6.07, 6.45) is 8.09. The Hall–Kier alpha value is -2.43. The van der Waals surface area contributed by atoms with Crippen molar-refractivity contribution in [2.24, 2.45) is 5.92 Å². The average Bonchev–Trinajstić information content (AvgIpc) is 2.70. The molecule has 2 unspecified atom stereocenters. The number of nitrogens with zero attached hydrogens (tertiary/aromatic N) is 3. The topological polar surface area (TPSA) is 58.1 Å². The van der Waals surface area contributed by atoms with E-state index >= 15 is 0 Å². The number of aromatic nitrogens is 2. The molecular formula is C20H26N4O. The lowest BCUT2D eigenvalue weighted by Crippen LogP contribution is -2.44. The SMILES string of the molecule is CCC(CNC(=O)C1CCCN(c2cnccn2)C1)c1ccccc1. The van der Waals surface area contributed by atoms with E-state index in [9.17, 15) is 4.79 Å². The Morgan fingerprint density at radius 2 is 2.16 bits per heavy atom. The van der Waals surface area contributed by atoms with Gasteiger partial charge in [-0.25, -0.2) is 4.98 Å². The number of rotatable bonds is 6. The van der Waals surface area contributed by atoms with Gasteiger partial charge in [0.15, 0.2) is 0 Å². The van der Waals surface area contributed by atoms with Gasteiger partial charge in [-0.15, -0.1) is 0 Å². The molecule has 1 aromatic heterocycles. The zero-order valence-corrected chi connectivity index (χ0v) is 14.8. The van der Waals surface area contributed by atoms with Crippen LogP contribution in [0.1, 0.15) is 37.7 Å². The predicted molar refractivity (Wildman–Crippen MR) is 99.5 cm³/mol. The summed E-state index contributed by atoms with van der Waals surface area (Å²) in [6, 6.07) is 10.4. The second-order valence-electron chi connectivity index (χ2n) is 6.61. The Kier molecular flexibility index (Phi) is 5.99. The van der Waals surface area contributed by atoms with E-state index < -0.39 is 0 Å². The monoisotopic (exact) mass is 338 g/mol. The molecule has 0 radical (unpaired) electrons. The van der Waals surface area contributed by atoms with Crippen molar-refractivity contribution >= 4 is 11.7 Å². The summed E-state index contributed by atoms with van der Waals surface area (Å²) in [5.41, 5.74) is 1.29. The van der Waals surface area contributed by atoms with Crippen LogP contribution in [-0.4, -0.2) is 35.5 Å². The Bertz CT molecular complexity index is 662. The summed E-state index contributed by atoms with van der Waals surface area (Å²) < 4.78 is 0. The molecule has 132 valence electrons. The molecule has 0 bridgehead atoms. The minimum Gasteiger partial charge on any atom is -0.355 e. The van der Waals surface area contributed by atoms with E-state index in [0.717, 1.165) is 31.6 Å². The van der Waals surface area contributed by atoms with Gasteiger partial charge in [0, 0.05) is 37.9 Å². The fraction of sp³-hybridized carbons (Fsp3) is 0.450. The van der Waals surface area contributed by atoms with Crippen LogP contribution in [0, 0.1) is 5.92 Å². The van der Waals surface area contributed by atoms with Crippen LogP contribution in [0.25, 0.3) is 0 Å². The maximum absolute atomic E-state index is 12.7. The molecule has 5 heteroatoms. The summed E-state index contributed by atoms with van der Waals surface area (Å²) >= 11 is 0. The molecular weight excluding hydrogens is 312 g/mol. The van der Waals surface area contributed by atoms with Crippen LogP contribution in [0.3, 0.4) is 0 Å². The second kappa shape index (κ2) is 8.60. The Morgan fingerprint density at radius 3 is 2.88 bits per heavy atom. The summed E-state index contributed by atoms with van der Waals surface area (Å²) in [6.45, 7) is 4.51. The summed E-state index contributed by atoms with van der Waals surface area (Å²) in [5.74, 6) is 1.40. The molecule has 1 aromatic carbocycles. The smallest absolute Gasteiger partial charge is 0.224 e. The van der Waals surface area contributed by atoms with Crippen LogP contribution in [0.5, 0.6) is 0 Å². The predicted octanol–water partition coefficient (Wildman–Crippen LogP) is 3.00. The highest BCUT2D eigenvalue weighted by atomic mass is 16.1. The van der Waals surface area contributed by atoms with Crippen molar-refractivity contribution in [3.05, 3.63) is 54.5 Å². The molecule has 0 aliphatic carbocycles.